The van der Waals surface area contributed by atoms with Crippen molar-refractivity contribution in [3.8, 4) is 0 Å². The SMILES string of the molecule is Fc1cccc([I+]c2ccccc2)c1. The molecule has 2 aromatic rings. The van der Waals surface area contributed by atoms with Gasteiger partial charge in [0.15, 0.2) is 7.14 Å². The van der Waals surface area contributed by atoms with Crippen molar-refractivity contribution >= 4 is 0 Å². The standard InChI is InChI=1S/C12H9FI/c13-10-5-4-8-12(9-10)14-11-6-2-1-3-7-11/h1-9H/q+1. The van der Waals surface area contributed by atoms with E-state index in [0.29, 0.717) is 0 Å². The molecule has 14 heavy (non-hydrogen) atoms. The minimum Gasteiger partial charge on any atom is -0.207 e. The molecule has 0 amide bonds. The molecule has 0 saturated heterocycles. The topological polar surface area (TPSA) is 0 Å². The van der Waals surface area contributed by atoms with Crippen LogP contribution in [0, 0.1) is 13.0 Å². The fraction of sp³-hybridized carbons (Fsp3) is 0. The highest BCUT2D eigenvalue weighted by Crippen LogP contribution is 1.93. The molecular formula is C12H9FI+. The summed E-state index contributed by atoms with van der Waals surface area (Å²) >= 11 is -0.228. The summed E-state index contributed by atoms with van der Waals surface area (Å²) in [5, 5.41) is 0. The van der Waals surface area contributed by atoms with E-state index in [1.54, 1.807) is 12.1 Å². The first-order chi connectivity index (χ1) is 6.84. The molecular weight excluding hydrogens is 290 g/mol. The number of hydrogen-bond donors (Lipinski definition) is 0. The quantitative estimate of drug-likeness (QED) is 0.683. The molecule has 0 aliphatic carbocycles. The van der Waals surface area contributed by atoms with Crippen molar-refractivity contribution < 1.29 is 25.6 Å². The Labute approximate surface area is 93.0 Å². The summed E-state index contributed by atoms with van der Waals surface area (Å²) in [6.07, 6.45) is 0. The van der Waals surface area contributed by atoms with Crippen LogP contribution < -0.4 is 21.2 Å². The van der Waals surface area contributed by atoms with E-state index in [4.69, 9.17) is 0 Å². The minimum atomic E-state index is -0.228. The average Bonchev–Trinajstić information content (AvgIpc) is 2.19. The van der Waals surface area contributed by atoms with E-state index in [-0.39, 0.29) is 27.0 Å². The molecule has 0 nitrogen and oxygen atoms in total. The summed E-state index contributed by atoms with van der Waals surface area (Å²) in [4.78, 5) is 0. The van der Waals surface area contributed by atoms with Crippen LogP contribution in [0.2, 0.25) is 0 Å². The van der Waals surface area contributed by atoms with E-state index in [9.17, 15) is 4.39 Å². The first-order valence-corrected chi connectivity index (χ1v) is 6.46. The van der Waals surface area contributed by atoms with E-state index in [0.717, 1.165) is 3.57 Å². The molecule has 0 unspecified atom stereocenters. The van der Waals surface area contributed by atoms with Gasteiger partial charge in [0.25, 0.3) is 0 Å². The zero-order valence-electron chi connectivity index (χ0n) is 7.45. The maximum absolute atomic E-state index is 12.9. The molecule has 0 saturated carbocycles. The molecule has 2 aromatic carbocycles. The van der Waals surface area contributed by atoms with Crippen LogP contribution >= 0.6 is 0 Å². The Morgan fingerprint density at radius 3 is 2.21 bits per heavy atom. The Morgan fingerprint density at radius 2 is 1.50 bits per heavy atom. The molecule has 0 spiro atoms. The van der Waals surface area contributed by atoms with Crippen LogP contribution in [0.3, 0.4) is 0 Å². The zero-order valence-corrected chi connectivity index (χ0v) is 9.61. The fourth-order valence-corrected chi connectivity index (χ4v) is 3.46. The number of benzene rings is 2. The van der Waals surface area contributed by atoms with Gasteiger partial charge in [0.05, 0.1) is 0 Å². The van der Waals surface area contributed by atoms with E-state index >= 15 is 0 Å². The van der Waals surface area contributed by atoms with Gasteiger partial charge in [-0.15, -0.1) is 0 Å². The smallest absolute Gasteiger partial charge is 0.207 e. The van der Waals surface area contributed by atoms with Crippen molar-refractivity contribution in [1.82, 2.24) is 0 Å². The molecule has 0 radical (unpaired) electrons. The van der Waals surface area contributed by atoms with Crippen LogP contribution in [0.1, 0.15) is 0 Å². The highest BCUT2D eigenvalue weighted by molar-refractivity contribution is 5.04. The number of rotatable bonds is 2. The summed E-state index contributed by atoms with van der Waals surface area (Å²) in [7, 11) is 0. The van der Waals surface area contributed by atoms with Crippen LogP contribution in [0.5, 0.6) is 0 Å². The first-order valence-electron chi connectivity index (χ1n) is 4.30. The van der Waals surface area contributed by atoms with E-state index in [1.165, 1.54) is 9.64 Å². The van der Waals surface area contributed by atoms with Crippen LogP contribution in [0.15, 0.2) is 54.6 Å². The van der Waals surface area contributed by atoms with Crippen molar-refractivity contribution in [1.29, 1.82) is 0 Å². The molecule has 0 fully saturated rings. The van der Waals surface area contributed by atoms with Crippen LogP contribution in [-0.2, 0) is 0 Å². The average molecular weight is 299 g/mol. The normalized spacial score (nSPS) is 10.1. The molecule has 0 aliphatic heterocycles. The molecule has 2 rings (SSSR count). The van der Waals surface area contributed by atoms with E-state index in [2.05, 4.69) is 12.1 Å². The summed E-state index contributed by atoms with van der Waals surface area (Å²) in [6.45, 7) is 0. The van der Waals surface area contributed by atoms with Gasteiger partial charge in [-0.1, -0.05) is 24.3 Å². The Balaban J connectivity index is 2.19. The van der Waals surface area contributed by atoms with Crippen molar-refractivity contribution in [2.45, 2.75) is 0 Å². The summed E-state index contributed by atoms with van der Waals surface area (Å²) in [5.74, 6) is -0.141. The van der Waals surface area contributed by atoms with Gasteiger partial charge < -0.3 is 0 Å². The molecule has 70 valence electrons. The monoisotopic (exact) mass is 299 g/mol. The molecule has 2 heteroatoms. The van der Waals surface area contributed by atoms with Gasteiger partial charge in [0.2, 0.25) is 0 Å². The van der Waals surface area contributed by atoms with Gasteiger partial charge in [-0.2, -0.15) is 0 Å². The largest absolute Gasteiger partial charge is 0.358 e. The van der Waals surface area contributed by atoms with Gasteiger partial charge in [-0.05, 0) is 24.3 Å². The molecule has 0 aromatic heterocycles. The Hall–Kier alpha value is -0.900. The molecule has 0 heterocycles. The molecule has 0 atom stereocenters. The van der Waals surface area contributed by atoms with Gasteiger partial charge in [-0.3, -0.25) is 0 Å². The van der Waals surface area contributed by atoms with Crippen LogP contribution in [0.25, 0.3) is 0 Å². The molecule has 0 N–H and O–H groups in total. The lowest BCUT2D eigenvalue weighted by Crippen LogP contribution is -3.61. The summed E-state index contributed by atoms with van der Waals surface area (Å²) in [5.41, 5.74) is 0. The predicted molar refractivity (Wildman–Crippen MR) is 50.2 cm³/mol. The lowest BCUT2D eigenvalue weighted by atomic mass is 10.4. The van der Waals surface area contributed by atoms with Crippen molar-refractivity contribution in [3.63, 3.8) is 0 Å². The second-order valence-electron chi connectivity index (χ2n) is 2.83. The van der Waals surface area contributed by atoms with Gasteiger partial charge in [-0.25, -0.2) is 4.39 Å². The predicted octanol–water partition coefficient (Wildman–Crippen LogP) is -0.0459. The molecule has 0 bridgehead atoms. The van der Waals surface area contributed by atoms with Gasteiger partial charge >= 0.3 is 21.2 Å². The number of hydrogen-bond acceptors (Lipinski definition) is 0. The van der Waals surface area contributed by atoms with Gasteiger partial charge in [0, 0.05) is 6.07 Å². The lowest BCUT2D eigenvalue weighted by molar-refractivity contribution is -0.597. The molecule has 0 aliphatic rings. The number of halogens is 2. The third kappa shape index (κ3) is 2.54. The van der Waals surface area contributed by atoms with Crippen molar-refractivity contribution in [2.24, 2.45) is 0 Å². The van der Waals surface area contributed by atoms with Crippen LogP contribution in [-0.4, -0.2) is 0 Å². The fourth-order valence-electron chi connectivity index (χ4n) is 1.12. The summed E-state index contributed by atoms with van der Waals surface area (Å²) in [6, 6.07) is 17.1. The van der Waals surface area contributed by atoms with Crippen LogP contribution in [0.4, 0.5) is 4.39 Å². The second kappa shape index (κ2) is 4.55. The van der Waals surface area contributed by atoms with E-state index < -0.39 is 0 Å². The van der Waals surface area contributed by atoms with Crippen molar-refractivity contribution in [2.75, 3.05) is 0 Å². The zero-order chi connectivity index (χ0) is 9.80. The highest BCUT2D eigenvalue weighted by atomic mass is 127. The van der Waals surface area contributed by atoms with Gasteiger partial charge in [0.1, 0.15) is 5.82 Å². The minimum absolute atomic E-state index is 0.141. The Bertz CT molecular complexity index is 412. The van der Waals surface area contributed by atoms with Crippen molar-refractivity contribution in [3.05, 3.63) is 67.6 Å². The first kappa shape index (κ1) is 9.65. The Kier molecular flexibility index (Phi) is 3.14. The lowest BCUT2D eigenvalue weighted by Gasteiger charge is -1.86. The second-order valence-corrected chi connectivity index (χ2v) is 5.86. The highest BCUT2D eigenvalue weighted by Gasteiger charge is 2.14. The maximum Gasteiger partial charge on any atom is 0.358 e. The third-order valence-electron chi connectivity index (χ3n) is 1.74. The summed E-state index contributed by atoms with van der Waals surface area (Å²) < 4.78 is 15.3. The van der Waals surface area contributed by atoms with E-state index in [1.807, 2.05) is 24.3 Å². The Morgan fingerprint density at radius 1 is 0.786 bits per heavy atom. The third-order valence-corrected chi connectivity index (χ3v) is 4.37. The maximum atomic E-state index is 12.9.